The van der Waals surface area contributed by atoms with E-state index in [0.717, 1.165) is 35.3 Å². The Morgan fingerprint density at radius 3 is 2.28 bits per heavy atom. The van der Waals surface area contributed by atoms with Gasteiger partial charge >= 0.3 is 0 Å². The summed E-state index contributed by atoms with van der Waals surface area (Å²) in [5.41, 5.74) is 3.40. The molecule has 3 aromatic rings. The summed E-state index contributed by atoms with van der Waals surface area (Å²) in [6.45, 7) is 0.699. The van der Waals surface area contributed by atoms with Gasteiger partial charge in [-0.15, -0.1) is 0 Å². The quantitative estimate of drug-likeness (QED) is 0.534. The third-order valence-corrected chi connectivity index (χ3v) is 7.30. The van der Waals surface area contributed by atoms with Crippen LogP contribution in [0.4, 0.5) is 5.82 Å². The van der Waals surface area contributed by atoms with Crippen molar-refractivity contribution in [1.29, 1.82) is 0 Å². The number of pyridine rings is 3. The minimum atomic E-state index is -2.38. The SMILES string of the molecule is OS1(O)CCC(CNc2ncccc2CC(c2cccnc2)c2cccnc2)C1. The predicted molar refractivity (Wildman–Crippen MR) is 117 cm³/mol. The number of nitrogens with one attached hydrogen (secondary N) is 1. The number of rotatable bonds is 7. The average Bonchev–Trinajstić information content (AvgIpc) is 3.11. The van der Waals surface area contributed by atoms with Crippen molar-refractivity contribution < 1.29 is 9.11 Å². The zero-order valence-electron chi connectivity index (χ0n) is 16.2. The van der Waals surface area contributed by atoms with Gasteiger partial charge in [0.2, 0.25) is 0 Å². The fourth-order valence-electron chi connectivity index (χ4n) is 3.88. The van der Waals surface area contributed by atoms with Crippen molar-refractivity contribution in [2.24, 2.45) is 5.92 Å². The molecule has 4 rings (SSSR count). The molecule has 0 aliphatic carbocycles. The summed E-state index contributed by atoms with van der Waals surface area (Å²) in [6, 6.07) is 12.2. The van der Waals surface area contributed by atoms with Gasteiger partial charge in [0.15, 0.2) is 0 Å². The molecule has 4 heterocycles. The van der Waals surface area contributed by atoms with Crippen LogP contribution in [0.5, 0.6) is 0 Å². The molecule has 1 atom stereocenters. The second kappa shape index (κ2) is 8.90. The molecule has 1 fully saturated rings. The zero-order chi connectivity index (χ0) is 20.1. The van der Waals surface area contributed by atoms with E-state index in [0.29, 0.717) is 18.1 Å². The predicted octanol–water partition coefficient (Wildman–Crippen LogP) is 4.43. The van der Waals surface area contributed by atoms with Crippen LogP contribution in [0.3, 0.4) is 0 Å². The van der Waals surface area contributed by atoms with Crippen molar-refractivity contribution in [3.05, 3.63) is 84.1 Å². The van der Waals surface area contributed by atoms with E-state index in [1.807, 2.05) is 30.6 Å². The van der Waals surface area contributed by atoms with Crippen molar-refractivity contribution in [3.63, 3.8) is 0 Å². The first-order valence-electron chi connectivity index (χ1n) is 9.82. The van der Waals surface area contributed by atoms with E-state index in [1.165, 1.54) is 0 Å². The van der Waals surface area contributed by atoms with Crippen LogP contribution >= 0.6 is 10.6 Å². The van der Waals surface area contributed by atoms with Crippen molar-refractivity contribution in [2.75, 3.05) is 23.4 Å². The van der Waals surface area contributed by atoms with Crippen LogP contribution in [0.2, 0.25) is 0 Å². The molecule has 29 heavy (non-hydrogen) atoms. The first kappa shape index (κ1) is 19.8. The smallest absolute Gasteiger partial charge is 0.129 e. The summed E-state index contributed by atoms with van der Waals surface area (Å²) in [5, 5.41) is 3.45. The minimum Gasteiger partial charge on any atom is -0.370 e. The summed E-state index contributed by atoms with van der Waals surface area (Å²) in [6.07, 6.45) is 10.8. The molecule has 152 valence electrons. The molecule has 1 aliphatic rings. The second-order valence-corrected chi connectivity index (χ2v) is 9.90. The van der Waals surface area contributed by atoms with Gasteiger partial charge in [0.1, 0.15) is 5.82 Å². The molecule has 6 nitrogen and oxygen atoms in total. The van der Waals surface area contributed by atoms with Crippen LogP contribution in [0.15, 0.2) is 67.4 Å². The van der Waals surface area contributed by atoms with Crippen LogP contribution in [0.1, 0.15) is 29.0 Å². The molecule has 0 saturated carbocycles. The molecule has 0 spiro atoms. The van der Waals surface area contributed by atoms with Crippen molar-refractivity contribution in [2.45, 2.75) is 18.8 Å². The Balaban J connectivity index is 1.54. The molecule has 7 heteroatoms. The lowest BCUT2D eigenvalue weighted by molar-refractivity contribution is 0.492. The highest BCUT2D eigenvalue weighted by molar-refractivity contribution is 8.24. The topological polar surface area (TPSA) is 91.2 Å². The molecular weight excluding hydrogens is 384 g/mol. The summed E-state index contributed by atoms with van der Waals surface area (Å²) in [7, 11) is -2.38. The lowest BCUT2D eigenvalue weighted by Gasteiger charge is -2.26. The van der Waals surface area contributed by atoms with E-state index >= 15 is 0 Å². The fourth-order valence-corrected chi connectivity index (χ4v) is 5.79. The second-order valence-electron chi connectivity index (χ2n) is 7.55. The highest BCUT2D eigenvalue weighted by Crippen LogP contribution is 2.48. The lowest BCUT2D eigenvalue weighted by Crippen LogP contribution is -2.17. The zero-order valence-corrected chi connectivity index (χ0v) is 17.0. The molecule has 1 aliphatic heterocycles. The molecule has 0 amide bonds. The van der Waals surface area contributed by atoms with Gasteiger partial charge in [-0.2, -0.15) is 10.6 Å². The maximum atomic E-state index is 9.87. The highest BCUT2D eigenvalue weighted by atomic mass is 32.3. The normalized spacial score (nSPS) is 19.2. The molecule has 0 aromatic carbocycles. The summed E-state index contributed by atoms with van der Waals surface area (Å²) >= 11 is 0. The molecule has 3 N–H and O–H groups in total. The van der Waals surface area contributed by atoms with Gasteiger partial charge in [0.25, 0.3) is 0 Å². The monoisotopic (exact) mass is 410 g/mol. The Kier molecular flexibility index (Phi) is 6.08. The van der Waals surface area contributed by atoms with Gasteiger partial charge in [-0.1, -0.05) is 18.2 Å². The molecule has 1 unspecified atom stereocenters. The Bertz CT molecular complexity index is 885. The standard InChI is InChI=1S/C22H26N4O2S/c27-29(28)11-7-17(16-29)13-26-22-18(4-3-10-25-22)12-21(19-5-1-8-23-14-19)20-6-2-9-24-15-20/h1-6,8-10,14-15,17,21,27-28H,7,11-13,16H2,(H,25,26). The Hall–Kier alpha value is -2.48. The molecule has 1 saturated heterocycles. The van der Waals surface area contributed by atoms with E-state index < -0.39 is 10.6 Å². The van der Waals surface area contributed by atoms with E-state index in [4.69, 9.17) is 0 Å². The summed E-state index contributed by atoms with van der Waals surface area (Å²) < 4.78 is 19.7. The molecule has 0 radical (unpaired) electrons. The average molecular weight is 411 g/mol. The van der Waals surface area contributed by atoms with Crippen molar-refractivity contribution in [3.8, 4) is 0 Å². The van der Waals surface area contributed by atoms with Gasteiger partial charge in [-0.3, -0.25) is 19.1 Å². The van der Waals surface area contributed by atoms with E-state index in [-0.39, 0.29) is 11.8 Å². The van der Waals surface area contributed by atoms with E-state index in [2.05, 4.69) is 38.5 Å². The summed E-state index contributed by atoms with van der Waals surface area (Å²) in [5.74, 6) is 2.24. The highest BCUT2D eigenvalue weighted by Gasteiger charge is 2.28. The number of nitrogens with zero attached hydrogens (tertiary/aromatic N) is 3. The van der Waals surface area contributed by atoms with Crippen LogP contribution in [0.25, 0.3) is 0 Å². The van der Waals surface area contributed by atoms with Crippen LogP contribution < -0.4 is 5.32 Å². The maximum Gasteiger partial charge on any atom is 0.129 e. The first-order valence-corrected chi connectivity index (χ1v) is 11.7. The van der Waals surface area contributed by atoms with Gasteiger partial charge in [0, 0.05) is 55.0 Å². The van der Waals surface area contributed by atoms with Crippen molar-refractivity contribution in [1.82, 2.24) is 15.0 Å². The largest absolute Gasteiger partial charge is 0.370 e. The number of hydrogen-bond donors (Lipinski definition) is 3. The Labute approximate surface area is 172 Å². The molecule has 3 aromatic heterocycles. The third kappa shape index (κ3) is 5.12. The van der Waals surface area contributed by atoms with E-state index in [1.54, 1.807) is 18.6 Å². The molecule has 0 bridgehead atoms. The minimum absolute atomic E-state index is 0.126. The molecular formula is C22H26N4O2S. The van der Waals surface area contributed by atoms with E-state index in [9.17, 15) is 9.11 Å². The summed E-state index contributed by atoms with van der Waals surface area (Å²) in [4.78, 5) is 13.2. The van der Waals surface area contributed by atoms with Gasteiger partial charge in [-0.25, -0.2) is 4.98 Å². The van der Waals surface area contributed by atoms with Gasteiger partial charge < -0.3 is 5.32 Å². The Morgan fingerprint density at radius 1 is 1.00 bits per heavy atom. The van der Waals surface area contributed by atoms with Gasteiger partial charge in [-0.05, 0) is 53.6 Å². The fraction of sp³-hybridized carbons (Fsp3) is 0.318. The number of hydrogen-bond acceptors (Lipinski definition) is 6. The van der Waals surface area contributed by atoms with Gasteiger partial charge in [0.05, 0.1) is 0 Å². The first-order chi connectivity index (χ1) is 14.1. The van der Waals surface area contributed by atoms with Crippen LogP contribution in [-0.4, -0.2) is 42.1 Å². The number of anilines is 1. The number of aromatic nitrogens is 3. The third-order valence-electron chi connectivity index (χ3n) is 5.40. The lowest BCUT2D eigenvalue weighted by atomic mass is 9.87. The maximum absolute atomic E-state index is 9.87. The van der Waals surface area contributed by atoms with Crippen LogP contribution in [0, 0.1) is 5.92 Å². The Morgan fingerprint density at radius 2 is 1.69 bits per heavy atom. The van der Waals surface area contributed by atoms with Crippen molar-refractivity contribution >= 4 is 16.4 Å². The van der Waals surface area contributed by atoms with Crippen LogP contribution in [-0.2, 0) is 6.42 Å².